The van der Waals surface area contributed by atoms with E-state index in [1.807, 2.05) is 0 Å². The number of aromatic nitrogens is 1. The van der Waals surface area contributed by atoms with Gasteiger partial charge in [0.2, 0.25) is 5.91 Å². The first-order chi connectivity index (χ1) is 12.2. The van der Waals surface area contributed by atoms with Gasteiger partial charge in [0.05, 0.1) is 25.2 Å². The second kappa shape index (κ2) is 8.40. The summed E-state index contributed by atoms with van der Waals surface area (Å²) >= 11 is 0. The Labute approximate surface area is 147 Å². The zero-order chi connectivity index (χ0) is 17.6. The van der Waals surface area contributed by atoms with Crippen molar-refractivity contribution in [1.82, 2.24) is 15.6 Å². The van der Waals surface area contributed by atoms with Crippen LogP contribution in [0.2, 0.25) is 0 Å². The van der Waals surface area contributed by atoms with Crippen molar-refractivity contribution in [2.45, 2.75) is 50.4 Å². The van der Waals surface area contributed by atoms with E-state index in [2.05, 4.69) is 15.6 Å². The molecule has 0 radical (unpaired) electrons. The van der Waals surface area contributed by atoms with Crippen LogP contribution in [-0.2, 0) is 9.53 Å². The molecule has 1 aliphatic carbocycles. The van der Waals surface area contributed by atoms with Crippen LogP contribution < -0.4 is 10.6 Å². The molecule has 3 rings (SSSR count). The number of carbonyl (C=O) groups excluding carboxylic acids is 2. The van der Waals surface area contributed by atoms with Crippen molar-refractivity contribution >= 4 is 11.8 Å². The maximum Gasteiger partial charge on any atom is 0.251 e. The number of carbonyl (C=O) groups is 2. The topological polar surface area (TPSA) is 101 Å². The zero-order valence-electron chi connectivity index (χ0n) is 14.2. The molecule has 3 N–H and O–H groups in total. The van der Waals surface area contributed by atoms with Gasteiger partial charge < -0.3 is 20.5 Å². The quantitative estimate of drug-likeness (QED) is 0.672. The van der Waals surface area contributed by atoms with E-state index in [1.165, 1.54) is 12.8 Å². The summed E-state index contributed by atoms with van der Waals surface area (Å²) in [6, 6.07) is 3.01. The zero-order valence-corrected chi connectivity index (χ0v) is 14.2. The summed E-state index contributed by atoms with van der Waals surface area (Å²) in [5.74, 6) is 0.428. The number of pyridine rings is 1. The molecule has 7 nitrogen and oxygen atoms in total. The highest BCUT2D eigenvalue weighted by molar-refractivity contribution is 5.94. The van der Waals surface area contributed by atoms with Crippen LogP contribution in [0.5, 0.6) is 0 Å². The largest absolute Gasteiger partial charge is 0.394 e. The first-order valence-electron chi connectivity index (χ1n) is 8.89. The van der Waals surface area contributed by atoms with E-state index in [0.29, 0.717) is 30.7 Å². The minimum Gasteiger partial charge on any atom is -0.394 e. The molecular weight excluding hydrogens is 322 g/mol. The van der Waals surface area contributed by atoms with Crippen molar-refractivity contribution in [2.24, 2.45) is 5.92 Å². The number of aliphatic hydroxyl groups is 1. The maximum absolute atomic E-state index is 12.2. The second-order valence-electron chi connectivity index (χ2n) is 6.82. The molecular formula is C18H25N3O4. The molecule has 1 saturated heterocycles. The summed E-state index contributed by atoms with van der Waals surface area (Å²) < 4.78 is 5.84. The van der Waals surface area contributed by atoms with Crippen LogP contribution in [0.4, 0.5) is 0 Å². The van der Waals surface area contributed by atoms with E-state index in [-0.39, 0.29) is 30.6 Å². The molecule has 2 fully saturated rings. The summed E-state index contributed by atoms with van der Waals surface area (Å²) in [7, 11) is 0. The Morgan fingerprint density at radius 2 is 1.96 bits per heavy atom. The average Bonchev–Trinajstić information content (AvgIpc) is 3.46. The van der Waals surface area contributed by atoms with Gasteiger partial charge in [-0.3, -0.25) is 14.6 Å². The summed E-state index contributed by atoms with van der Waals surface area (Å²) in [5, 5.41) is 15.4. The first-order valence-corrected chi connectivity index (χ1v) is 8.89. The number of nitrogens with zero attached hydrogens (tertiary/aromatic N) is 1. The monoisotopic (exact) mass is 347 g/mol. The SMILES string of the molecule is O=C(C[C@H]1CC[C@@H](NC(=O)c2ccncc2)[C@@H](CO)O1)NCC1CC1. The van der Waals surface area contributed by atoms with Crippen LogP contribution in [0.1, 0.15) is 42.5 Å². The molecule has 0 bridgehead atoms. The smallest absolute Gasteiger partial charge is 0.251 e. The number of amides is 2. The predicted octanol–water partition coefficient (Wildman–Crippen LogP) is 0.636. The average molecular weight is 347 g/mol. The standard InChI is InChI=1S/C18H25N3O4/c22-11-16-15(21-18(24)13-5-7-19-8-6-13)4-3-14(25-16)9-17(23)20-10-12-1-2-12/h5-8,12,14-16,22H,1-4,9-11H2,(H,20,23)(H,21,24)/t14-,15-,16-/m1/s1. The van der Waals surface area contributed by atoms with Gasteiger partial charge in [-0.25, -0.2) is 0 Å². The highest BCUT2D eigenvalue weighted by Crippen LogP contribution is 2.28. The molecule has 1 aromatic rings. The molecule has 25 heavy (non-hydrogen) atoms. The van der Waals surface area contributed by atoms with Gasteiger partial charge in [-0.15, -0.1) is 0 Å². The third-order valence-electron chi connectivity index (χ3n) is 4.75. The highest BCUT2D eigenvalue weighted by Gasteiger charge is 2.33. The van der Waals surface area contributed by atoms with Crippen LogP contribution >= 0.6 is 0 Å². The summed E-state index contributed by atoms with van der Waals surface area (Å²) in [5.41, 5.74) is 0.522. The summed E-state index contributed by atoms with van der Waals surface area (Å²) in [6.45, 7) is 0.557. The third-order valence-corrected chi connectivity index (χ3v) is 4.75. The van der Waals surface area contributed by atoms with Gasteiger partial charge in [0.15, 0.2) is 0 Å². The Morgan fingerprint density at radius 3 is 2.64 bits per heavy atom. The van der Waals surface area contributed by atoms with Crippen LogP contribution in [0.25, 0.3) is 0 Å². The second-order valence-corrected chi connectivity index (χ2v) is 6.82. The molecule has 2 aliphatic rings. The van der Waals surface area contributed by atoms with E-state index in [0.717, 1.165) is 6.54 Å². The molecule has 2 heterocycles. The molecule has 1 aromatic heterocycles. The molecule has 0 unspecified atom stereocenters. The predicted molar refractivity (Wildman–Crippen MR) is 90.8 cm³/mol. The lowest BCUT2D eigenvalue weighted by molar-refractivity contribution is -0.130. The van der Waals surface area contributed by atoms with Crippen molar-refractivity contribution in [2.75, 3.05) is 13.2 Å². The fraction of sp³-hybridized carbons (Fsp3) is 0.611. The van der Waals surface area contributed by atoms with Crippen molar-refractivity contribution < 1.29 is 19.4 Å². The van der Waals surface area contributed by atoms with Gasteiger partial charge in [-0.2, -0.15) is 0 Å². The van der Waals surface area contributed by atoms with Gasteiger partial charge in [0.1, 0.15) is 6.10 Å². The molecule has 1 aliphatic heterocycles. The van der Waals surface area contributed by atoms with E-state index in [9.17, 15) is 14.7 Å². The van der Waals surface area contributed by atoms with E-state index in [4.69, 9.17) is 4.74 Å². The number of ether oxygens (including phenoxy) is 1. The maximum atomic E-state index is 12.2. The van der Waals surface area contributed by atoms with E-state index >= 15 is 0 Å². The number of hydrogen-bond acceptors (Lipinski definition) is 5. The Morgan fingerprint density at radius 1 is 1.20 bits per heavy atom. The van der Waals surface area contributed by atoms with Crippen LogP contribution in [0.15, 0.2) is 24.5 Å². The van der Waals surface area contributed by atoms with Crippen molar-refractivity contribution in [3.8, 4) is 0 Å². The first kappa shape index (κ1) is 17.8. The van der Waals surface area contributed by atoms with Crippen LogP contribution in [0.3, 0.4) is 0 Å². The number of nitrogens with one attached hydrogen (secondary N) is 2. The van der Waals surface area contributed by atoms with E-state index in [1.54, 1.807) is 24.5 Å². The molecule has 1 saturated carbocycles. The summed E-state index contributed by atoms with van der Waals surface area (Å²) in [4.78, 5) is 28.1. The van der Waals surface area contributed by atoms with Gasteiger partial charge in [0, 0.05) is 24.5 Å². The Bertz CT molecular complexity index is 591. The Balaban J connectivity index is 1.47. The minimum atomic E-state index is -0.499. The minimum absolute atomic E-state index is 0.00661. The fourth-order valence-corrected chi connectivity index (χ4v) is 3.06. The van der Waals surface area contributed by atoms with Crippen LogP contribution in [0, 0.1) is 5.92 Å². The third kappa shape index (κ3) is 5.24. The van der Waals surface area contributed by atoms with Gasteiger partial charge in [-0.05, 0) is 43.7 Å². The Kier molecular flexibility index (Phi) is 5.99. The number of aliphatic hydroxyl groups excluding tert-OH is 1. The lowest BCUT2D eigenvalue weighted by Gasteiger charge is -2.36. The lowest BCUT2D eigenvalue weighted by Crippen LogP contribution is -2.51. The molecule has 0 aromatic carbocycles. The van der Waals surface area contributed by atoms with E-state index < -0.39 is 6.10 Å². The number of hydrogen-bond donors (Lipinski definition) is 3. The molecule has 2 amide bonds. The number of rotatable bonds is 7. The lowest BCUT2D eigenvalue weighted by atomic mass is 9.96. The molecule has 3 atom stereocenters. The fourth-order valence-electron chi connectivity index (χ4n) is 3.06. The van der Waals surface area contributed by atoms with Gasteiger partial charge >= 0.3 is 0 Å². The summed E-state index contributed by atoms with van der Waals surface area (Å²) in [6.07, 6.45) is 6.45. The molecule has 136 valence electrons. The molecule has 7 heteroatoms. The van der Waals surface area contributed by atoms with Crippen molar-refractivity contribution in [3.05, 3.63) is 30.1 Å². The normalized spacial score (nSPS) is 26.0. The molecule has 0 spiro atoms. The Hall–Kier alpha value is -1.99. The van der Waals surface area contributed by atoms with Crippen LogP contribution in [-0.4, -0.2) is 53.3 Å². The van der Waals surface area contributed by atoms with Gasteiger partial charge in [-0.1, -0.05) is 0 Å². The van der Waals surface area contributed by atoms with Crippen molar-refractivity contribution in [3.63, 3.8) is 0 Å². The van der Waals surface area contributed by atoms with Crippen molar-refractivity contribution in [1.29, 1.82) is 0 Å². The highest BCUT2D eigenvalue weighted by atomic mass is 16.5. The van der Waals surface area contributed by atoms with Gasteiger partial charge in [0.25, 0.3) is 5.91 Å².